The van der Waals surface area contributed by atoms with Gasteiger partial charge in [0.25, 0.3) is 5.69 Å². The molecular weight excluding hydrogens is 464 g/mol. The van der Waals surface area contributed by atoms with E-state index < -0.39 is 10.9 Å². The van der Waals surface area contributed by atoms with Crippen LogP contribution in [0.4, 0.5) is 5.69 Å². The second-order valence-corrected chi connectivity index (χ2v) is 8.98. The summed E-state index contributed by atoms with van der Waals surface area (Å²) < 4.78 is 18.1. The van der Waals surface area contributed by atoms with Gasteiger partial charge in [-0.1, -0.05) is 6.07 Å². The van der Waals surface area contributed by atoms with E-state index >= 15 is 0 Å². The molecule has 1 unspecified atom stereocenters. The van der Waals surface area contributed by atoms with Crippen molar-refractivity contribution in [3.63, 3.8) is 0 Å². The standard InChI is InChI=1S/C26H30N4O6/c1-6-35-26(31)21-13-27-29(19-9-10-34-14-19)25(21)20-8-7-18(12-22(20)30(32)33)24-16(4)11-23(28-17(24)5)36-15(2)3/h7-8,11-13,15,19H,6,9-10,14H2,1-5H3. The van der Waals surface area contributed by atoms with Crippen LogP contribution in [0, 0.1) is 24.0 Å². The van der Waals surface area contributed by atoms with Gasteiger partial charge < -0.3 is 14.2 Å². The van der Waals surface area contributed by atoms with Crippen molar-refractivity contribution in [2.75, 3.05) is 19.8 Å². The second kappa shape index (κ2) is 10.4. The molecular formula is C26H30N4O6. The smallest absolute Gasteiger partial charge is 0.341 e. The van der Waals surface area contributed by atoms with Crippen molar-refractivity contribution in [2.24, 2.45) is 0 Å². The van der Waals surface area contributed by atoms with Crippen molar-refractivity contribution in [3.8, 4) is 28.3 Å². The topological polar surface area (TPSA) is 119 Å². The molecule has 1 aliphatic heterocycles. The van der Waals surface area contributed by atoms with Crippen molar-refractivity contribution in [2.45, 2.75) is 53.2 Å². The van der Waals surface area contributed by atoms with E-state index in [0.29, 0.717) is 48.0 Å². The lowest BCUT2D eigenvalue weighted by molar-refractivity contribution is -0.384. The van der Waals surface area contributed by atoms with Gasteiger partial charge >= 0.3 is 5.97 Å². The van der Waals surface area contributed by atoms with Crippen molar-refractivity contribution in [3.05, 3.63) is 57.4 Å². The highest BCUT2D eigenvalue weighted by atomic mass is 16.6. The third-order valence-electron chi connectivity index (χ3n) is 6.01. The Bertz CT molecular complexity index is 1270. The molecule has 1 aromatic carbocycles. The van der Waals surface area contributed by atoms with Crippen molar-refractivity contribution in [1.29, 1.82) is 0 Å². The van der Waals surface area contributed by atoms with Gasteiger partial charge in [0, 0.05) is 30.0 Å². The first-order valence-electron chi connectivity index (χ1n) is 12.0. The number of ether oxygens (including phenoxy) is 3. The SMILES string of the molecule is CCOC(=O)c1cnn(C2CCOC2)c1-c1ccc(-c2c(C)cc(OC(C)C)nc2C)cc1[N+](=O)[O-]. The molecule has 0 spiro atoms. The highest BCUT2D eigenvalue weighted by Gasteiger charge is 2.31. The number of esters is 1. The Morgan fingerprint density at radius 1 is 1.31 bits per heavy atom. The van der Waals surface area contributed by atoms with Crippen LogP contribution in [0.5, 0.6) is 5.88 Å². The normalized spacial score (nSPS) is 15.3. The molecule has 1 aliphatic rings. The number of nitrogens with zero attached hydrogens (tertiary/aromatic N) is 4. The molecule has 4 rings (SSSR count). The van der Waals surface area contributed by atoms with Gasteiger partial charge in [0.05, 0.1) is 47.7 Å². The zero-order valence-corrected chi connectivity index (χ0v) is 21.1. The third kappa shape index (κ3) is 4.94. The molecule has 2 aromatic heterocycles. The monoisotopic (exact) mass is 494 g/mol. The molecule has 10 nitrogen and oxygen atoms in total. The zero-order chi connectivity index (χ0) is 26.0. The van der Waals surface area contributed by atoms with Crippen LogP contribution in [0.2, 0.25) is 0 Å². The van der Waals surface area contributed by atoms with E-state index in [4.69, 9.17) is 14.2 Å². The number of aromatic nitrogens is 3. The van der Waals surface area contributed by atoms with Crippen molar-refractivity contribution >= 4 is 11.7 Å². The Morgan fingerprint density at radius 3 is 2.69 bits per heavy atom. The molecule has 0 amide bonds. The Hall–Kier alpha value is -3.79. The third-order valence-corrected chi connectivity index (χ3v) is 6.01. The van der Waals surface area contributed by atoms with Crippen LogP contribution in [-0.2, 0) is 9.47 Å². The molecule has 3 heterocycles. The summed E-state index contributed by atoms with van der Waals surface area (Å²) in [7, 11) is 0. The van der Waals surface area contributed by atoms with Crippen molar-refractivity contribution < 1.29 is 23.9 Å². The maximum absolute atomic E-state index is 12.7. The minimum absolute atomic E-state index is 0.0220. The van der Waals surface area contributed by atoms with E-state index in [0.717, 1.165) is 11.1 Å². The zero-order valence-electron chi connectivity index (χ0n) is 21.1. The fourth-order valence-corrected chi connectivity index (χ4v) is 4.55. The van der Waals surface area contributed by atoms with Gasteiger partial charge in [-0.15, -0.1) is 0 Å². The minimum Gasteiger partial charge on any atom is -0.475 e. The Kier molecular flexibility index (Phi) is 7.35. The fraction of sp³-hybridized carbons (Fsp3) is 0.423. The molecule has 3 aromatic rings. The van der Waals surface area contributed by atoms with Crippen LogP contribution in [0.3, 0.4) is 0 Å². The summed E-state index contributed by atoms with van der Waals surface area (Å²) >= 11 is 0. The van der Waals surface area contributed by atoms with E-state index in [-0.39, 0.29) is 30.0 Å². The second-order valence-electron chi connectivity index (χ2n) is 8.98. The molecule has 10 heteroatoms. The summed E-state index contributed by atoms with van der Waals surface area (Å²) in [6, 6.07) is 6.68. The summed E-state index contributed by atoms with van der Waals surface area (Å²) in [5.74, 6) is -0.0655. The van der Waals surface area contributed by atoms with E-state index in [1.54, 1.807) is 23.7 Å². The number of carbonyl (C=O) groups is 1. The van der Waals surface area contributed by atoms with Gasteiger partial charge in [0.15, 0.2) is 0 Å². The molecule has 0 N–H and O–H groups in total. The number of carbonyl (C=O) groups excluding carboxylic acids is 1. The van der Waals surface area contributed by atoms with Gasteiger partial charge in [0.1, 0.15) is 5.56 Å². The molecule has 0 radical (unpaired) electrons. The van der Waals surface area contributed by atoms with E-state index in [9.17, 15) is 14.9 Å². The first kappa shape index (κ1) is 25.3. The summed E-state index contributed by atoms with van der Waals surface area (Å²) in [6.45, 7) is 10.5. The van der Waals surface area contributed by atoms with Gasteiger partial charge in [-0.05, 0) is 58.2 Å². The lowest BCUT2D eigenvalue weighted by Gasteiger charge is -2.17. The van der Waals surface area contributed by atoms with Crippen molar-refractivity contribution in [1.82, 2.24) is 14.8 Å². The molecule has 0 saturated carbocycles. The number of rotatable bonds is 8. The summed E-state index contributed by atoms with van der Waals surface area (Å²) in [5.41, 5.74) is 3.73. The molecule has 1 saturated heterocycles. The van der Waals surface area contributed by atoms with Crippen LogP contribution in [0.25, 0.3) is 22.4 Å². The van der Waals surface area contributed by atoms with Crippen LogP contribution in [0.1, 0.15) is 54.8 Å². The molecule has 1 atom stereocenters. The number of benzene rings is 1. The summed E-state index contributed by atoms with van der Waals surface area (Å²) in [6.07, 6.45) is 2.08. The summed E-state index contributed by atoms with van der Waals surface area (Å²) in [4.78, 5) is 29.1. The molecule has 0 bridgehead atoms. The average Bonchev–Trinajstić information content (AvgIpc) is 3.48. The largest absolute Gasteiger partial charge is 0.475 e. The van der Waals surface area contributed by atoms with E-state index in [2.05, 4.69) is 10.1 Å². The Labute approximate surface area is 209 Å². The van der Waals surface area contributed by atoms with Crippen LogP contribution >= 0.6 is 0 Å². The maximum Gasteiger partial charge on any atom is 0.341 e. The predicted octanol–water partition coefficient (Wildman–Crippen LogP) is 5.06. The van der Waals surface area contributed by atoms with Gasteiger partial charge in [-0.3, -0.25) is 14.8 Å². The highest BCUT2D eigenvalue weighted by molar-refractivity contribution is 5.98. The van der Waals surface area contributed by atoms with Crippen LogP contribution in [0.15, 0.2) is 30.5 Å². The van der Waals surface area contributed by atoms with Gasteiger partial charge in [0.2, 0.25) is 5.88 Å². The predicted molar refractivity (Wildman–Crippen MR) is 133 cm³/mol. The molecule has 0 aliphatic carbocycles. The number of nitro groups is 1. The molecule has 190 valence electrons. The van der Waals surface area contributed by atoms with E-state index in [1.165, 1.54) is 12.3 Å². The maximum atomic E-state index is 12.7. The molecule has 36 heavy (non-hydrogen) atoms. The van der Waals surface area contributed by atoms with Gasteiger partial charge in [-0.2, -0.15) is 5.10 Å². The quantitative estimate of drug-likeness (QED) is 0.242. The minimum atomic E-state index is -0.576. The number of hydrogen-bond acceptors (Lipinski definition) is 8. The molecule has 1 fully saturated rings. The number of hydrogen-bond donors (Lipinski definition) is 0. The first-order valence-corrected chi connectivity index (χ1v) is 12.0. The Morgan fingerprint density at radius 2 is 2.08 bits per heavy atom. The van der Waals surface area contributed by atoms with Gasteiger partial charge in [-0.25, -0.2) is 9.78 Å². The number of pyridine rings is 1. The fourth-order valence-electron chi connectivity index (χ4n) is 4.55. The highest BCUT2D eigenvalue weighted by Crippen LogP contribution is 2.39. The lowest BCUT2D eigenvalue weighted by atomic mass is 9.95. The number of aryl methyl sites for hydroxylation is 2. The average molecular weight is 495 g/mol. The Balaban J connectivity index is 1.86. The first-order chi connectivity index (χ1) is 17.2. The lowest BCUT2D eigenvalue weighted by Crippen LogP contribution is -2.14. The van der Waals surface area contributed by atoms with Crippen LogP contribution < -0.4 is 4.74 Å². The van der Waals surface area contributed by atoms with E-state index in [1.807, 2.05) is 33.8 Å². The number of nitro benzene ring substituents is 1. The van der Waals surface area contributed by atoms with Crippen LogP contribution in [-0.4, -0.2) is 51.6 Å². The summed E-state index contributed by atoms with van der Waals surface area (Å²) in [5, 5.41) is 16.7.